The maximum Gasteiger partial charge on any atom is 0.110 e. The second kappa shape index (κ2) is 4.28. The third kappa shape index (κ3) is 1.91. The number of aromatic nitrogens is 1. The van der Waals surface area contributed by atoms with Gasteiger partial charge in [-0.1, -0.05) is 6.92 Å². The first-order chi connectivity index (χ1) is 6.81. The van der Waals surface area contributed by atoms with Crippen molar-refractivity contribution in [2.45, 2.75) is 32.1 Å². The van der Waals surface area contributed by atoms with Gasteiger partial charge in [0.2, 0.25) is 0 Å². The Bertz CT molecular complexity index is 305. The first-order valence-electron chi connectivity index (χ1n) is 5.14. The molecule has 0 atom stereocenters. The summed E-state index contributed by atoms with van der Waals surface area (Å²) < 4.78 is 5.33. The van der Waals surface area contributed by atoms with Crippen LogP contribution < -0.4 is 5.73 Å². The van der Waals surface area contributed by atoms with E-state index < -0.39 is 0 Å². The molecule has 0 radical (unpaired) electrons. The van der Waals surface area contributed by atoms with Crippen molar-refractivity contribution in [2.75, 3.05) is 18.9 Å². The third-order valence-electron chi connectivity index (χ3n) is 2.64. The molecule has 0 aliphatic carbocycles. The Hall–Kier alpha value is -0.610. The van der Waals surface area contributed by atoms with Gasteiger partial charge >= 0.3 is 0 Å². The number of ether oxygens (including phenoxy) is 1. The van der Waals surface area contributed by atoms with Gasteiger partial charge in [-0.05, 0) is 19.3 Å². The summed E-state index contributed by atoms with van der Waals surface area (Å²) >= 11 is 1.63. The van der Waals surface area contributed by atoms with Crippen LogP contribution >= 0.6 is 11.3 Å². The van der Waals surface area contributed by atoms with Crippen LogP contribution in [0, 0.1) is 0 Å². The molecule has 1 aromatic heterocycles. The van der Waals surface area contributed by atoms with Crippen LogP contribution in [0.15, 0.2) is 0 Å². The number of anilines is 1. The Balaban J connectivity index is 2.17. The van der Waals surface area contributed by atoms with Crippen LogP contribution in [0.1, 0.15) is 36.4 Å². The van der Waals surface area contributed by atoms with Gasteiger partial charge in [0.15, 0.2) is 0 Å². The Labute approximate surface area is 88.3 Å². The average Bonchev–Trinajstić information content (AvgIpc) is 2.61. The lowest BCUT2D eigenvalue weighted by Gasteiger charge is -2.20. The summed E-state index contributed by atoms with van der Waals surface area (Å²) in [5.74, 6) is 0.528. The van der Waals surface area contributed by atoms with Crippen molar-refractivity contribution < 1.29 is 4.74 Å². The second-order valence-electron chi connectivity index (χ2n) is 3.60. The van der Waals surface area contributed by atoms with Crippen LogP contribution in [-0.2, 0) is 11.2 Å². The Kier molecular flexibility index (Phi) is 3.03. The SMILES string of the molecule is CCc1nc(C2CCOCC2)c(N)s1. The molecule has 1 saturated heterocycles. The van der Waals surface area contributed by atoms with Gasteiger partial charge in [0.25, 0.3) is 0 Å². The molecule has 1 fully saturated rings. The van der Waals surface area contributed by atoms with Crippen molar-refractivity contribution in [3.8, 4) is 0 Å². The lowest BCUT2D eigenvalue weighted by molar-refractivity contribution is 0.0847. The van der Waals surface area contributed by atoms with Crippen molar-refractivity contribution in [1.82, 2.24) is 4.98 Å². The molecule has 0 spiro atoms. The van der Waals surface area contributed by atoms with E-state index in [1.54, 1.807) is 11.3 Å². The zero-order valence-corrected chi connectivity index (χ0v) is 9.27. The van der Waals surface area contributed by atoms with Crippen molar-refractivity contribution in [3.63, 3.8) is 0 Å². The van der Waals surface area contributed by atoms with Crippen LogP contribution in [-0.4, -0.2) is 18.2 Å². The van der Waals surface area contributed by atoms with Crippen molar-refractivity contribution in [3.05, 3.63) is 10.7 Å². The van der Waals surface area contributed by atoms with E-state index in [0.29, 0.717) is 5.92 Å². The van der Waals surface area contributed by atoms with E-state index >= 15 is 0 Å². The van der Waals surface area contributed by atoms with E-state index in [-0.39, 0.29) is 0 Å². The Morgan fingerprint density at radius 1 is 1.50 bits per heavy atom. The van der Waals surface area contributed by atoms with Gasteiger partial charge in [-0.2, -0.15) is 0 Å². The van der Waals surface area contributed by atoms with E-state index in [9.17, 15) is 0 Å². The average molecular weight is 212 g/mol. The number of nitrogen functional groups attached to an aromatic ring is 1. The largest absolute Gasteiger partial charge is 0.389 e. The number of rotatable bonds is 2. The first-order valence-corrected chi connectivity index (χ1v) is 5.95. The predicted octanol–water partition coefficient (Wildman–Crippen LogP) is 2.18. The Morgan fingerprint density at radius 2 is 2.21 bits per heavy atom. The third-order valence-corrected chi connectivity index (χ3v) is 3.68. The summed E-state index contributed by atoms with van der Waals surface area (Å²) in [4.78, 5) is 4.59. The van der Waals surface area contributed by atoms with E-state index in [2.05, 4.69) is 11.9 Å². The predicted molar refractivity (Wildman–Crippen MR) is 58.7 cm³/mol. The second-order valence-corrected chi connectivity index (χ2v) is 4.71. The standard InChI is InChI=1S/C10H16N2OS/c1-2-8-12-9(10(11)14-8)7-3-5-13-6-4-7/h7H,2-6,11H2,1H3. The molecule has 4 heteroatoms. The smallest absolute Gasteiger partial charge is 0.110 e. The summed E-state index contributed by atoms with van der Waals surface area (Å²) in [7, 11) is 0. The van der Waals surface area contributed by atoms with Crippen molar-refractivity contribution in [2.24, 2.45) is 0 Å². The van der Waals surface area contributed by atoms with Gasteiger partial charge in [0, 0.05) is 19.1 Å². The molecule has 0 unspecified atom stereocenters. The number of aryl methyl sites for hydroxylation is 1. The highest BCUT2D eigenvalue weighted by molar-refractivity contribution is 7.15. The van der Waals surface area contributed by atoms with Gasteiger partial charge in [-0.25, -0.2) is 4.98 Å². The molecule has 0 aromatic carbocycles. The van der Waals surface area contributed by atoms with Gasteiger partial charge in [-0.3, -0.25) is 0 Å². The van der Waals surface area contributed by atoms with Gasteiger partial charge < -0.3 is 10.5 Å². The molecule has 2 rings (SSSR count). The minimum atomic E-state index is 0.528. The van der Waals surface area contributed by atoms with E-state index in [0.717, 1.165) is 48.2 Å². The zero-order chi connectivity index (χ0) is 9.97. The molecular weight excluding hydrogens is 196 g/mol. The molecule has 0 saturated carbocycles. The van der Waals surface area contributed by atoms with Crippen molar-refractivity contribution in [1.29, 1.82) is 0 Å². The number of hydrogen-bond donors (Lipinski definition) is 1. The van der Waals surface area contributed by atoms with Crippen LogP contribution in [0.4, 0.5) is 5.00 Å². The number of nitrogens with zero attached hydrogens (tertiary/aromatic N) is 1. The number of hydrogen-bond acceptors (Lipinski definition) is 4. The fraction of sp³-hybridized carbons (Fsp3) is 0.700. The summed E-state index contributed by atoms with van der Waals surface area (Å²) in [5.41, 5.74) is 7.08. The molecular formula is C10H16N2OS. The fourth-order valence-electron chi connectivity index (χ4n) is 1.81. The molecule has 2 N–H and O–H groups in total. The molecule has 14 heavy (non-hydrogen) atoms. The minimum absolute atomic E-state index is 0.528. The molecule has 1 aliphatic rings. The van der Waals surface area contributed by atoms with Gasteiger partial charge in [-0.15, -0.1) is 11.3 Å². The summed E-state index contributed by atoms with van der Waals surface area (Å²) in [6.07, 6.45) is 3.12. The lowest BCUT2D eigenvalue weighted by Crippen LogP contribution is -2.15. The summed E-state index contributed by atoms with van der Waals surface area (Å²) in [6.45, 7) is 3.82. The molecule has 2 heterocycles. The quantitative estimate of drug-likeness (QED) is 0.817. The number of nitrogens with two attached hydrogens (primary N) is 1. The molecule has 78 valence electrons. The highest BCUT2D eigenvalue weighted by Gasteiger charge is 2.21. The van der Waals surface area contributed by atoms with Crippen molar-refractivity contribution >= 4 is 16.3 Å². The normalized spacial score (nSPS) is 18.6. The van der Waals surface area contributed by atoms with Crippen LogP contribution in [0.2, 0.25) is 0 Å². The van der Waals surface area contributed by atoms with Gasteiger partial charge in [0.1, 0.15) is 5.00 Å². The van der Waals surface area contributed by atoms with Crippen LogP contribution in [0.25, 0.3) is 0 Å². The fourth-order valence-corrected chi connectivity index (χ4v) is 2.67. The Morgan fingerprint density at radius 3 is 2.79 bits per heavy atom. The topological polar surface area (TPSA) is 48.1 Å². The van der Waals surface area contributed by atoms with Gasteiger partial charge in [0.05, 0.1) is 10.7 Å². The lowest BCUT2D eigenvalue weighted by atomic mass is 9.97. The molecule has 1 aliphatic heterocycles. The molecule has 1 aromatic rings. The zero-order valence-electron chi connectivity index (χ0n) is 8.45. The molecule has 0 bridgehead atoms. The summed E-state index contributed by atoms with van der Waals surface area (Å²) in [6, 6.07) is 0. The maximum absolute atomic E-state index is 5.96. The highest BCUT2D eigenvalue weighted by atomic mass is 32.1. The number of thiazole rings is 1. The maximum atomic E-state index is 5.96. The first kappa shape index (κ1) is 9.93. The van der Waals surface area contributed by atoms with E-state index in [4.69, 9.17) is 10.5 Å². The minimum Gasteiger partial charge on any atom is -0.389 e. The monoisotopic (exact) mass is 212 g/mol. The van der Waals surface area contributed by atoms with Crippen LogP contribution in [0.5, 0.6) is 0 Å². The van der Waals surface area contributed by atoms with Crippen LogP contribution in [0.3, 0.4) is 0 Å². The summed E-state index contributed by atoms with van der Waals surface area (Å²) in [5, 5.41) is 2.07. The van der Waals surface area contributed by atoms with E-state index in [1.807, 2.05) is 0 Å². The molecule has 3 nitrogen and oxygen atoms in total. The van der Waals surface area contributed by atoms with E-state index in [1.165, 1.54) is 0 Å². The molecule has 0 amide bonds. The highest BCUT2D eigenvalue weighted by Crippen LogP contribution is 2.33.